The molecule has 1 aromatic rings. The van der Waals surface area contributed by atoms with Crippen molar-refractivity contribution < 1.29 is 0 Å². The maximum Gasteiger partial charge on any atom is 0.138 e. The first-order valence-corrected chi connectivity index (χ1v) is 6.67. The van der Waals surface area contributed by atoms with Crippen LogP contribution in [0.3, 0.4) is 0 Å². The molecular formula is C14H26N4. The van der Waals surface area contributed by atoms with E-state index in [1.165, 1.54) is 12.8 Å². The molecule has 0 atom stereocenters. The topological polar surface area (TPSA) is 41.0 Å². The lowest BCUT2D eigenvalue weighted by Crippen LogP contribution is -2.23. The van der Waals surface area contributed by atoms with Crippen molar-refractivity contribution in [1.82, 2.24) is 9.97 Å². The molecule has 0 saturated heterocycles. The van der Waals surface area contributed by atoms with E-state index < -0.39 is 0 Å². The van der Waals surface area contributed by atoms with Gasteiger partial charge in [0.15, 0.2) is 0 Å². The van der Waals surface area contributed by atoms with Gasteiger partial charge in [-0.2, -0.15) is 0 Å². The van der Waals surface area contributed by atoms with E-state index in [0.29, 0.717) is 0 Å². The lowest BCUT2D eigenvalue weighted by Gasteiger charge is -2.23. The fourth-order valence-electron chi connectivity index (χ4n) is 1.60. The van der Waals surface area contributed by atoms with Crippen LogP contribution in [0, 0.1) is 0 Å². The van der Waals surface area contributed by atoms with E-state index in [1.807, 2.05) is 13.1 Å². The molecule has 0 unspecified atom stereocenters. The summed E-state index contributed by atoms with van der Waals surface area (Å²) in [7, 11) is 3.98. The number of nitrogens with one attached hydrogen (secondary N) is 1. The number of nitrogens with zero attached hydrogens (tertiary/aromatic N) is 3. The van der Waals surface area contributed by atoms with Crippen molar-refractivity contribution in [3.8, 4) is 0 Å². The van der Waals surface area contributed by atoms with Gasteiger partial charge in [-0.3, -0.25) is 0 Å². The Hall–Kier alpha value is -1.32. The smallest absolute Gasteiger partial charge is 0.138 e. The van der Waals surface area contributed by atoms with E-state index in [1.54, 1.807) is 0 Å². The summed E-state index contributed by atoms with van der Waals surface area (Å²) in [4.78, 5) is 11.4. The molecular weight excluding hydrogens is 224 g/mol. The van der Waals surface area contributed by atoms with Gasteiger partial charge in [0.25, 0.3) is 0 Å². The Morgan fingerprint density at radius 1 is 1.28 bits per heavy atom. The summed E-state index contributed by atoms with van der Waals surface area (Å²) in [5.41, 5.74) is -0.0345. The summed E-state index contributed by atoms with van der Waals surface area (Å²) in [6.45, 7) is 9.64. The monoisotopic (exact) mass is 250 g/mol. The molecule has 0 radical (unpaired) electrons. The molecule has 0 aliphatic rings. The Morgan fingerprint density at radius 3 is 2.44 bits per heavy atom. The predicted octanol–water partition coefficient (Wildman–Crippen LogP) is 3.05. The molecule has 1 heterocycles. The molecule has 0 aliphatic carbocycles. The van der Waals surface area contributed by atoms with Gasteiger partial charge in [0, 0.05) is 32.1 Å². The van der Waals surface area contributed by atoms with Gasteiger partial charge >= 0.3 is 0 Å². The van der Waals surface area contributed by atoms with Crippen LogP contribution in [0.1, 0.15) is 46.4 Å². The van der Waals surface area contributed by atoms with Gasteiger partial charge in [-0.1, -0.05) is 34.1 Å². The minimum absolute atomic E-state index is 0.0345. The van der Waals surface area contributed by atoms with Gasteiger partial charge in [0.05, 0.1) is 0 Å². The van der Waals surface area contributed by atoms with Crippen molar-refractivity contribution in [2.45, 2.75) is 46.0 Å². The van der Waals surface area contributed by atoms with Crippen LogP contribution in [-0.4, -0.2) is 30.6 Å². The molecule has 18 heavy (non-hydrogen) atoms. The van der Waals surface area contributed by atoms with Gasteiger partial charge in [-0.25, -0.2) is 9.97 Å². The summed E-state index contributed by atoms with van der Waals surface area (Å²) in [6.07, 6.45) is 2.38. The third kappa shape index (κ3) is 3.86. The third-order valence-corrected chi connectivity index (χ3v) is 2.88. The minimum atomic E-state index is -0.0345. The number of aromatic nitrogens is 2. The molecule has 102 valence electrons. The zero-order chi connectivity index (χ0) is 13.8. The third-order valence-electron chi connectivity index (χ3n) is 2.88. The molecule has 1 aromatic heterocycles. The van der Waals surface area contributed by atoms with Crippen molar-refractivity contribution in [3.05, 3.63) is 11.9 Å². The highest BCUT2D eigenvalue weighted by Gasteiger charge is 2.19. The Bertz CT molecular complexity index is 382. The van der Waals surface area contributed by atoms with Crippen LogP contribution in [0.4, 0.5) is 11.6 Å². The Balaban J connectivity index is 3.04. The van der Waals surface area contributed by atoms with E-state index in [9.17, 15) is 0 Å². The Morgan fingerprint density at radius 2 is 1.94 bits per heavy atom. The normalized spacial score (nSPS) is 11.4. The van der Waals surface area contributed by atoms with Crippen molar-refractivity contribution in [3.63, 3.8) is 0 Å². The lowest BCUT2D eigenvalue weighted by atomic mass is 9.96. The first-order chi connectivity index (χ1) is 8.38. The molecule has 0 aliphatic heterocycles. The first kappa shape index (κ1) is 14.7. The lowest BCUT2D eigenvalue weighted by molar-refractivity contribution is 0.545. The van der Waals surface area contributed by atoms with Crippen molar-refractivity contribution in [2.24, 2.45) is 0 Å². The predicted molar refractivity (Wildman–Crippen MR) is 78.5 cm³/mol. The summed E-state index contributed by atoms with van der Waals surface area (Å²) in [5, 5.41) is 3.11. The first-order valence-electron chi connectivity index (χ1n) is 6.67. The van der Waals surface area contributed by atoms with Gasteiger partial charge < -0.3 is 10.2 Å². The molecule has 1 N–H and O–H groups in total. The van der Waals surface area contributed by atoms with Crippen LogP contribution in [0.15, 0.2) is 6.07 Å². The van der Waals surface area contributed by atoms with Crippen LogP contribution < -0.4 is 10.2 Å². The minimum Gasteiger partial charge on any atom is -0.373 e. The molecule has 4 nitrogen and oxygen atoms in total. The zero-order valence-electron chi connectivity index (χ0n) is 12.5. The van der Waals surface area contributed by atoms with E-state index in [0.717, 1.165) is 24.0 Å². The van der Waals surface area contributed by atoms with Crippen LogP contribution >= 0.6 is 0 Å². The van der Waals surface area contributed by atoms with Crippen LogP contribution in [0.25, 0.3) is 0 Å². The quantitative estimate of drug-likeness (QED) is 0.872. The second kappa shape index (κ2) is 6.03. The highest BCUT2D eigenvalue weighted by atomic mass is 15.2. The van der Waals surface area contributed by atoms with Gasteiger partial charge in [-0.05, 0) is 6.42 Å². The van der Waals surface area contributed by atoms with E-state index in [2.05, 4.69) is 54.9 Å². The maximum atomic E-state index is 4.68. The van der Waals surface area contributed by atoms with E-state index in [4.69, 9.17) is 0 Å². The van der Waals surface area contributed by atoms with E-state index >= 15 is 0 Å². The highest BCUT2D eigenvalue weighted by molar-refractivity contribution is 5.49. The molecule has 0 spiro atoms. The average Bonchev–Trinajstić information content (AvgIpc) is 2.34. The van der Waals surface area contributed by atoms with E-state index in [-0.39, 0.29) is 5.41 Å². The molecule has 0 saturated carbocycles. The number of anilines is 2. The number of hydrogen-bond acceptors (Lipinski definition) is 4. The van der Waals surface area contributed by atoms with Crippen LogP contribution in [-0.2, 0) is 5.41 Å². The average molecular weight is 250 g/mol. The molecule has 1 rings (SSSR count). The van der Waals surface area contributed by atoms with Gasteiger partial charge in [0.2, 0.25) is 0 Å². The summed E-state index contributed by atoms with van der Waals surface area (Å²) < 4.78 is 0. The van der Waals surface area contributed by atoms with Crippen LogP contribution in [0.2, 0.25) is 0 Å². The summed E-state index contributed by atoms with van der Waals surface area (Å²) in [5.74, 6) is 2.76. The molecule has 0 amide bonds. The zero-order valence-corrected chi connectivity index (χ0v) is 12.5. The number of rotatable bonds is 5. The fourth-order valence-corrected chi connectivity index (χ4v) is 1.60. The molecule has 0 bridgehead atoms. The Labute approximate surface area is 111 Å². The standard InChI is InChI=1S/C14H26N4/c1-7-8-9-18(6)12-10-11(15-5)16-13(17-12)14(2,3)4/h10H,7-9H2,1-6H3,(H,15,16,17). The second-order valence-electron chi connectivity index (χ2n) is 5.71. The summed E-state index contributed by atoms with van der Waals surface area (Å²) in [6, 6.07) is 2.00. The Kier molecular flexibility index (Phi) is 4.93. The SMILES string of the molecule is CCCCN(C)c1cc(NC)nc(C(C)(C)C)n1. The number of unbranched alkanes of at least 4 members (excludes halogenated alkanes) is 1. The molecule has 0 fully saturated rings. The second-order valence-corrected chi connectivity index (χ2v) is 5.71. The van der Waals surface area contributed by atoms with Crippen molar-refractivity contribution >= 4 is 11.6 Å². The fraction of sp³-hybridized carbons (Fsp3) is 0.714. The van der Waals surface area contributed by atoms with Crippen molar-refractivity contribution in [2.75, 3.05) is 30.9 Å². The largest absolute Gasteiger partial charge is 0.373 e. The van der Waals surface area contributed by atoms with Crippen LogP contribution in [0.5, 0.6) is 0 Å². The number of hydrogen-bond donors (Lipinski definition) is 1. The van der Waals surface area contributed by atoms with Gasteiger partial charge in [-0.15, -0.1) is 0 Å². The summed E-state index contributed by atoms with van der Waals surface area (Å²) >= 11 is 0. The highest BCUT2D eigenvalue weighted by Crippen LogP contribution is 2.23. The van der Waals surface area contributed by atoms with Crippen molar-refractivity contribution in [1.29, 1.82) is 0 Å². The maximum absolute atomic E-state index is 4.68. The molecule has 0 aromatic carbocycles. The molecule has 4 heteroatoms. The van der Waals surface area contributed by atoms with Gasteiger partial charge in [0.1, 0.15) is 17.5 Å².